The van der Waals surface area contributed by atoms with Crippen molar-refractivity contribution in [3.8, 4) is 11.4 Å². The summed E-state index contributed by atoms with van der Waals surface area (Å²) in [5.74, 6) is 0.810. The summed E-state index contributed by atoms with van der Waals surface area (Å²) >= 11 is 6.15. The number of aryl methyl sites for hydroxylation is 1. The first-order valence-corrected chi connectivity index (χ1v) is 9.87. The predicted octanol–water partition coefficient (Wildman–Crippen LogP) is 3.80. The monoisotopic (exact) mass is 412 g/mol. The number of halogens is 1. The topological polar surface area (TPSA) is 80.5 Å². The molecule has 0 aliphatic carbocycles. The molecular weight excluding hydrogens is 392 g/mol. The number of hydrogen-bond donors (Lipinski definition) is 1. The molecular formula is C21H21ClN4O3. The number of benzene rings is 2. The molecule has 0 spiro atoms. The number of nitrogens with one attached hydrogen (secondary N) is 1. The molecule has 1 fully saturated rings. The summed E-state index contributed by atoms with van der Waals surface area (Å²) in [7, 11) is 0. The largest absolute Gasteiger partial charge is 0.378 e. The minimum absolute atomic E-state index is 0.138. The van der Waals surface area contributed by atoms with Gasteiger partial charge < -0.3 is 19.5 Å². The molecule has 1 aliphatic heterocycles. The normalized spacial score (nSPS) is 14.0. The van der Waals surface area contributed by atoms with E-state index in [1.165, 1.54) is 0 Å². The van der Waals surface area contributed by atoms with E-state index in [4.69, 9.17) is 20.9 Å². The molecule has 1 N–H and O–H groups in total. The molecule has 0 atom stereocenters. The van der Waals surface area contributed by atoms with Crippen molar-refractivity contribution in [2.24, 2.45) is 0 Å². The van der Waals surface area contributed by atoms with Gasteiger partial charge in [0.15, 0.2) is 0 Å². The Kier molecular flexibility index (Phi) is 6.07. The van der Waals surface area contributed by atoms with E-state index in [1.54, 1.807) is 6.07 Å². The molecule has 0 saturated carbocycles. The lowest BCUT2D eigenvalue weighted by Gasteiger charge is -2.30. The SMILES string of the molecule is O=C(CCc1nc(-c2ccccc2)no1)Nc1cc(Cl)ccc1N1CCOCC1. The van der Waals surface area contributed by atoms with Crippen LogP contribution in [0.3, 0.4) is 0 Å². The fourth-order valence-corrected chi connectivity index (χ4v) is 3.35. The van der Waals surface area contributed by atoms with Gasteiger partial charge in [0.05, 0.1) is 24.6 Å². The minimum Gasteiger partial charge on any atom is -0.378 e. The van der Waals surface area contributed by atoms with Crippen LogP contribution < -0.4 is 10.2 Å². The van der Waals surface area contributed by atoms with Crippen LogP contribution in [0.4, 0.5) is 11.4 Å². The number of ether oxygens (including phenoxy) is 1. The fraction of sp³-hybridized carbons (Fsp3) is 0.286. The molecule has 2 heterocycles. The van der Waals surface area contributed by atoms with Crippen molar-refractivity contribution in [1.29, 1.82) is 0 Å². The molecule has 1 saturated heterocycles. The summed E-state index contributed by atoms with van der Waals surface area (Å²) in [5.41, 5.74) is 2.51. The first kappa shape index (κ1) is 19.4. The van der Waals surface area contributed by atoms with Crippen LogP contribution in [0.25, 0.3) is 11.4 Å². The van der Waals surface area contributed by atoms with E-state index in [0.29, 0.717) is 42.1 Å². The maximum absolute atomic E-state index is 12.5. The highest BCUT2D eigenvalue weighted by molar-refractivity contribution is 6.31. The van der Waals surface area contributed by atoms with E-state index >= 15 is 0 Å². The molecule has 0 unspecified atom stereocenters. The Morgan fingerprint density at radius 2 is 1.93 bits per heavy atom. The van der Waals surface area contributed by atoms with Crippen LogP contribution in [0.5, 0.6) is 0 Å². The Hall–Kier alpha value is -2.90. The lowest BCUT2D eigenvalue weighted by Crippen LogP contribution is -2.36. The maximum atomic E-state index is 12.5. The summed E-state index contributed by atoms with van der Waals surface area (Å²) in [6.07, 6.45) is 0.588. The second-order valence-electron chi connectivity index (χ2n) is 6.69. The van der Waals surface area contributed by atoms with Crippen molar-refractivity contribution in [2.45, 2.75) is 12.8 Å². The van der Waals surface area contributed by atoms with E-state index in [0.717, 1.165) is 24.3 Å². The second kappa shape index (κ2) is 9.07. The number of anilines is 2. The molecule has 1 aliphatic rings. The Labute approximate surface area is 173 Å². The van der Waals surface area contributed by atoms with Gasteiger partial charge in [0, 0.05) is 36.5 Å². The number of morpholine rings is 1. The van der Waals surface area contributed by atoms with Crippen molar-refractivity contribution in [3.63, 3.8) is 0 Å². The lowest BCUT2D eigenvalue weighted by atomic mass is 10.2. The average Bonchev–Trinajstić information content (AvgIpc) is 3.23. The number of nitrogens with zero attached hydrogens (tertiary/aromatic N) is 3. The first-order chi connectivity index (χ1) is 14.2. The average molecular weight is 413 g/mol. The zero-order valence-corrected chi connectivity index (χ0v) is 16.6. The fourth-order valence-electron chi connectivity index (χ4n) is 3.18. The molecule has 3 aromatic rings. The highest BCUT2D eigenvalue weighted by atomic mass is 35.5. The van der Waals surface area contributed by atoms with Gasteiger partial charge in [-0.25, -0.2) is 0 Å². The van der Waals surface area contributed by atoms with Crippen LogP contribution in [0.1, 0.15) is 12.3 Å². The van der Waals surface area contributed by atoms with Gasteiger partial charge in [-0.2, -0.15) is 4.98 Å². The third kappa shape index (κ3) is 4.93. The zero-order valence-electron chi connectivity index (χ0n) is 15.8. The second-order valence-corrected chi connectivity index (χ2v) is 7.12. The van der Waals surface area contributed by atoms with Gasteiger partial charge >= 0.3 is 0 Å². The van der Waals surface area contributed by atoms with E-state index in [2.05, 4.69) is 20.4 Å². The Balaban J connectivity index is 1.39. The molecule has 4 rings (SSSR count). The molecule has 2 aromatic carbocycles. The minimum atomic E-state index is -0.138. The third-order valence-corrected chi connectivity index (χ3v) is 4.89. The van der Waals surface area contributed by atoms with Gasteiger partial charge in [0.1, 0.15) is 0 Å². The van der Waals surface area contributed by atoms with Crippen molar-refractivity contribution < 1.29 is 14.1 Å². The Morgan fingerprint density at radius 3 is 2.72 bits per heavy atom. The van der Waals surface area contributed by atoms with E-state index in [9.17, 15) is 4.79 Å². The molecule has 0 radical (unpaired) electrons. The molecule has 150 valence electrons. The van der Waals surface area contributed by atoms with Gasteiger partial charge in [-0.1, -0.05) is 47.1 Å². The number of aromatic nitrogens is 2. The van der Waals surface area contributed by atoms with E-state index < -0.39 is 0 Å². The third-order valence-electron chi connectivity index (χ3n) is 4.65. The Morgan fingerprint density at radius 1 is 1.14 bits per heavy atom. The van der Waals surface area contributed by atoms with Crippen molar-refractivity contribution in [3.05, 3.63) is 59.4 Å². The van der Waals surface area contributed by atoms with Gasteiger partial charge in [0.2, 0.25) is 17.6 Å². The zero-order chi connectivity index (χ0) is 20.1. The molecule has 7 nitrogen and oxygen atoms in total. The molecule has 0 bridgehead atoms. The van der Waals surface area contributed by atoms with Crippen LogP contribution in [0.15, 0.2) is 53.1 Å². The lowest BCUT2D eigenvalue weighted by molar-refractivity contribution is -0.116. The Bertz CT molecular complexity index is 971. The quantitative estimate of drug-likeness (QED) is 0.663. The van der Waals surface area contributed by atoms with Crippen molar-refractivity contribution >= 4 is 28.9 Å². The first-order valence-electron chi connectivity index (χ1n) is 9.49. The smallest absolute Gasteiger partial charge is 0.227 e. The van der Waals surface area contributed by atoms with Gasteiger partial charge in [-0.05, 0) is 18.2 Å². The number of carbonyl (C=O) groups excluding carboxylic acids is 1. The summed E-state index contributed by atoms with van der Waals surface area (Å²) in [6.45, 7) is 2.87. The van der Waals surface area contributed by atoms with Gasteiger partial charge in [-0.3, -0.25) is 4.79 Å². The number of carbonyl (C=O) groups is 1. The predicted molar refractivity (Wildman–Crippen MR) is 111 cm³/mol. The van der Waals surface area contributed by atoms with E-state index in [-0.39, 0.29) is 12.3 Å². The highest BCUT2D eigenvalue weighted by Gasteiger charge is 2.17. The molecule has 1 amide bonds. The molecule has 1 aromatic heterocycles. The number of rotatable bonds is 6. The van der Waals surface area contributed by atoms with E-state index in [1.807, 2.05) is 42.5 Å². The summed E-state index contributed by atoms with van der Waals surface area (Å²) in [5, 5.41) is 7.51. The van der Waals surface area contributed by atoms with Crippen LogP contribution in [0, 0.1) is 0 Å². The molecule has 8 heteroatoms. The van der Waals surface area contributed by atoms with Crippen molar-refractivity contribution in [2.75, 3.05) is 36.5 Å². The number of hydrogen-bond acceptors (Lipinski definition) is 6. The van der Waals surface area contributed by atoms with Crippen LogP contribution in [-0.4, -0.2) is 42.4 Å². The van der Waals surface area contributed by atoms with Crippen LogP contribution in [-0.2, 0) is 16.0 Å². The standard InChI is InChI=1S/C21H21ClN4O3/c22-16-6-7-18(26-10-12-28-13-11-26)17(14-16)23-19(27)8-9-20-24-21(25-29-20)15-4-2-1-3-5-15/h1-7,14H,8-13H2,(H,23,27). The van der Waals surface area contributed by atoms with Gasteiger partial charge in [0.25, 0.3) is 0 Å². The summed E-state index contributed by atoms with van der Waals surface area (Å²) in [6, 6.07) is 15.1. The van der Waals surface area contributed by atoms with Crippen LogP contribution >= 0.6 is 11.6 Å². The maximum Gasteiger partial charge on any atom is 0.227 e. The summed E-state index contributed by atoms with van der Waals surface area (Å²) < 4.78 is 10.7. The van der Waals surface area contributed by atoms with Gasteiger partial charge in [-0.15, -0.1) is 0 Å². The highest BCUT2D eigenvalue weighted by Crippen LogP contribution is 2.30. The van der Waals surface area contributed by atoms with Crippen LogP contribution in [0.2, 0.25) is 5.02 Å². The summed E-state index contributed by atoms with van der Waals surface area (Å²) in [4.78, 5) is 19.1. The van der Waals surface area contributed by atoms with Crippen molar-refractivity contribution in [1.82, 2.24) is 10.1 Å². The molecule has 29 heavy (non-hydrogen) atoms. The number of amides is 1.